The first kappa shape index (κ1) is 20.5. The summed E-state index contributed by atoms with van der Waals surface area (Å²) in [7, 11) is 0. The molecule has 0 aromatic carbocycles. The summed E-state index contributed by atoms with van der Waals surface area (Å²) in [5.74, 6) is 0.148. The van der Waals surface area contributed by atoms with E-state index in [-0.39, 0.29) is 42.5 Å². The van der Waals surface area contributed by atoms with E-state index in [0.717, 1.165) is 0 Å². The predicted octanol–water partition coefficient (Wildman–Crippen LogP) is 1.62. The average molecular weight is 392 g/mol. The molecule has 0 radical (unpaired) electrons. The molecule has 150 valence electrons. The second-order valence-corrected chi connectivity index (χ2v) is 5.12. The van der Waals surface area contributed by atoms with Gasteiger partial charge in [-0.1, -0.05) is 0 Å². The number of hydrazone groups is 1. The number of ether oxygens (including phenoxy) is 1. The van der Waals surface area contributed by atoms with Gasteiger partial charge < -0.3 is 19.8 Å². The SMILES string of the molecule is CCNc1nc(NCCC(=O)OCC)nc(N/N=C/c2ccc([N+](=O)[O-])o2)n1. The van der Waals surface area contributed by atoms with Crippen LogP contribution < -0.4 is 16.1 Å². The molecule has 0 aliphatic heterocycles. The Kier molecular flexibility index (Phi) is 7.63. The van der Waals surface area contributed by atoms with E-state index in [1.54, 1.807) is 6.92 Å². The predicted molar refractivity (Wildman–Crippen MR) is 100 cm³/mol. The Labute approximate surface area is 159 Å². The van der Waals surface area contributed by atoms with Gasteiger partial charge in [-0.15, -0.1) is 0 Å². The molecule has 0 unspecified atom stereocenters. The third kappa shape index (κ3) is 6.51. The Morgan fingerprint density at radius 1 is 1.25 bits per heavy atom. The lowest BCUT2D eigenvalue weighted by molar-refractivity contribution is -0.402. The summed E-state index contributed by atoms with van der Waals surface area (Å²) in [4.78, 5) is 33.8. The number of esters is 1. The van der Waals surface area contributed by atoms with Crippen molar-refractivity contribution in [2.45, 2.75) is 20.3 Å². The zero-order valence-electron chi connectivity index (χ0n) is 15.3. The molecule has 0 spiro atoms. The monoisotopic (exact) mass is 392 g/mol. The molecule has 3 N–H and O–H groups in total. The van der Waals surface area contributed by atoms with Crippen LogP contribution in [0.4, 0.5) is 23.7 Å². The number of nitrogens with one attached hydrogen (secondary N) is 3. The summed E-state index contributed by atoms with van der Waals surface area (Å²) in [6.07, 6.45) is 1.41. The van der Waals surface area contributed by atoms with Crippen molar-refractivity contribution in [2.24, 2.45) is 5.10 Å². The van der Waals surface area contributed by atoms with E-state index in [1.165, 1.54) is 18.3 Å². The number of nitrogens with zero attached hydrogens (tertiary/aromatic N) is 5. The maximum Gasteiger partial charge on any atom is 0.433 e. The number of carbonyl (C=O) groups is 1. The highest BCUT2D eigenvalue weighted by molar-refractivity contribution is 5.76. The molecule has 0 amide bonds. The fraction of sp³-hybridized carbons (Fsp3) is 0.400. The zero-order chi connectivity index (χ0) is 20.4. The van der Waals surface area contributed by atoms with Crippen LogP contribution in [0.2, 0.25) is 0 Å². The largest absolute Gasteiger partial charge is 0.466 e. The minimum Gasteiger partial charge on any atom is -0.466 e. The lowest BCUT2D eigenvalue weighted by Crippen LogP contribution is -2.15. The van der Waals surface area contributed by atoms with Crippen LogP contribution in [0.25, 0.3) is 0 Å². The van der Waals surface area contributed by atoms with Gasteiger partial charge in [0.25, 0.3) is 0 Å². The summed E-state index contributed by atoms with van der Waals surface area (Å²) in [5.41, 5.74) is 2.60. The normalized spacial score (nSPS) is 10.6. The molecule has 0 aliphatic carbocycles. The van der Waals surface area contributed by atoms with Gasteiger partial charge in [0, 0.05) is 13.1 Å². The Balaban J connectivity index is 2.01. The van der Waals surface area contributed by atoms with Crippen LogP contribution in [0, 0.1) is 10.1 Å². The number of anilines is 3. The summed E-state index contributed by atoms with van der Waals surface area (Å²) in [5, 5.41) is 20.3. The van der Waals surface area contributed by atoms with Gasteiger partial charge in [-0.2, -0.15) is 20.1 Å². The van der Waals surface area contributed by atoms with E-state index >= 15 is 0 Å². The number of hydrogen-bond donors (Lipinski definition) is 3. The third-order valence-corrected chi connectivity index (χ3v) is 3.04. The quantitative estimate of drug-likeness (QED) is 0.220. The highest BCUT2D eigenvalue weighted by Crippen LogP contribution is 2.14. The van der Waals surface area contributed by atoms with Crippen LogP contribution in [0.1, 0.15) is 26.0 Å². The summed E-state index contributed by atoms with van der Waals surface area (Å²) >= 11 is 0. The van der Waals surface area contributed by atoms with Crippen LogP contribution in [0.3, 0.4) is 0 Å². The highest BCUT2D eigenvalue weighted by Gasteiger charge is 2.10. The first-order valence-electron chi connectivity index (χ1n) is 8.44. The topological polar surface area (TPSA) is 170 Å². The van der Waals surface area contributed by atoms with Crippen LogP contribution >= 0.6 is 0 Å². The van der Waals surface area contributed by atoms with Crippen LogP contribution in [-0.4, -0.2) is 51.8 Å². The maximum absolute atomic E-state index is 11.4. The van der Waals surface area contributed by atoms with E-state index in [1.807, 2.05) is 6.92 Å². The molecule has 2 aromatic rings. The molecule has 0 fully saturated rings. The molecule has 2 aromatic heterocycles. The first-order chi connectivity index (χ1) is 13.5. The first-order valence-corrected chi connectivity index (χ1v) is 8.44. The minimum atomic E-state index is -0.645. The molecule has 13 heteroatoms. The maximum atomic E-state index is 11.4. The molecule has 0 aliphatic rings. The molecule has 28 heavy (non-hydrogen) atoms. The Hall–Kier alpha value is -3.77. The number of rotatable bonds is 11. The molecule has 0 saturated heterocycles. The standard InChI is InChI=1S/C15H20N8O5/c1-3-16-13-19-14(17-8-7-12(24)27-4-2)21-15(20-13)22-18-9-10-5-6-11(28-10)23(25)26/h5-6,9H,3-4,7-8H2,1-2H3,(H3,16,17,19,20,21,22)/b18-9+. The Morgan fingerprint density at radius 2 is 1.96 bits per heavy atom. The van der Waals surface area contributed by atoms with Gasteiger partial charge in [0.1, 0.15) is 4.92 Å². The van der Waals surface area contributed by atoms with E-state index in [9.17, 15) is 14.9 Å². The van der Waals surface area contributed by atoms with Gasteiger partial charge in [-0.05, 0) is 19.9 Å². The number of hydrogen-bond acceptors (Lipinski definition) is 12. The molecule has 0 atom stereocenters. The summed E-state index contributed by atoms with van der Waals surface area (Å²) in [6, 6.07) is 2.63. The van der Waals surface area contributed by atoms with Gasteiger partial charge in [0.05, 0.1) is 25.3 Å². The van der Waals surface area contributed by atoms with Crippen molar-refractivity contribution in [3.05, 3.63) is 28.0 Å². The summed E-state index contributed by atoms with van der Waals surface area (Å²) < 4.78 is 9.80. The average Bonchev–Trinajstić information content (AvgIpc) is 3.11. The van der Waals surface area contributed by atoms with Crippen molar-refractivity contribution in [2.75, 3.05) is 35.8 Å². The van der Waals surface area contributed by atoms with Gasteiger partial charge in [0.2, 0.25) is 17.8 Å². The Bertz CT molecular complexity index is 838. The van der Waals surface area contributed by atoms with E-state index < -0.39 is 4.92 Å². The van der Waals surface area contributed by atoms with Crippen LogP contribution in [0.5, 0.6) is 0 Å². The van der Waals surface area contributed by atoms with Gasteiger partial charge >= 0.3 is 11.9 Å². The molecule has 0 bridgehead atoms. The van der Waals surface area contributed by atoms with Crippen molar-refractivity contribution in [1.82, 2.24) is 15.0 Å². The highest BCUT2D eigenvalue weighted by atomic mass is 16.6. The van der Waals surface area contributed by atoms with Crippen molar-refractivity contribution in [3.63, 3.8) is 0 Å². The molecular weight excluding hydrogens is 372 g/mol. The fourth-order valence-electron chi connectivity index (χ4n) is 1.92. The lowest BCUT2D eigenvalue weighted by atomic mass is 10.4. The smallest absolute Gasteiger partial charge is 0.433 e. The molecular formula is C15H20N8O5. The second kappa shape index (κ2) is 10.4. The van der Waals surface area contributed by atoms with Crippen molar-refractivity contribution >= 4 is 35.9 Å². The summed E-state index contributed by atoms with van der Waals surface area (Å²) in [6.45, 7) is 4.81. The third-order valence-electron chi connectivity index (χ3n) is 3.04. The van der Waals surface area contributed by atoms with Crippen molar-refractivity contribution in [3.8, 4) is 0 Å². The molecule has 2 heterocycles. The van der Waals surface area contributed by atoms with E-state index in [4.69, 9.17) is 9.15 Å². The minimum absolute atomic E-state index is 0.127. The van der Waals surface area contributed by atoms with Gasteiger partial charge in [-0.3, -0.25) is 14.9 Å². The molecule has 0 saturated carbocycles. The van der Waals surface area contributed by atoms with Gasteiger partial charge in [0.15, 0.2) is 5.76 Å². The number of aromatic nitrogens is 3. The van der Waals surface area contributed by atoms with Gasteiger partial charge in [-0.25, -0.2) is 5.43 Å². The number of carbonyl (C=O) groups excluding carboxylic acids is 1. The molecule has 13 nitrogen and oxygen atoms in total. The number of furan rings is 1. The van der Waals surface area contributed by atoms with E-state index in [0.29, 0.717) is 19.1 Å². The second-order valence-electron chi connectivity index (χ2n) is 5.12. The van der Waals surface area contributed by atoms with Crippen molar-refractivity contribution in [1.29, 1.82) is 0 Å². The molecule has 2 rings (SSSR count). The van der Waals surface area contributed by atoms with Crippen LogP contribution in [-0.2, 0) is 9.53 Å². The fourth-order valence-corrected chi connectivity index (χ4v) is 1.92. The van der Waals surface area contributed by atoms with Crippen molar-refractivity contribution < 1.29 is 18.9 Å². The number of nitro groups is 1. The lowest BCUT2D eigenvalue weighted by Gasteiger charge is -2.08. The zero-order valence-corrected chi connectivity index (χ0v) is 15.3. The van der Waals surface area contributed by atoms with Crippen LogP contribution in [0.15, 0.2) is 21.7 Å². The Morgan fingerprint density at radius 3 is 2.61 bits per heavy atom. The van der Waals surface area contributed by atoms with E-state index in [2.05, 4.69) is 36.1 Å².